The van der Waals surface area contributed by atoms with Crippen molar-refractivity contribution in [2.24, 2.45) is 0 Å². The van der Waals surface area contributed by atoms with E-state index < -0.39 is 35.8 Å². The first-order valence-electron chi connectivity index (χ1n) is 6.72. The molecule has 130 valence electrons. The van der Waals surface area contributed by atoms with E-state index in [1.54, 1.807) is 0 Å². The maximum Gasteiger partial charge on any atom is 0.471 e. The van der Waals surface area contributed by atoms with E-state index in [0.29, 0.717) is 17.9 Å². The number of benzene rings is 1. The molecule has 0 spiro atoms. The number of halogens is 6. The standard InChI is InChI=1S/C14H15F5N2O.ClH/c1-21(13(22)14(17,18)19)9-4-5-20-12(7-9)10-6-8(15)2-3-11(10)16;/h2-3,6,9,12,20H,4-5,7H2,1H3;1H/t9-,12+;/m1./s1. The maximum atomic E-state index is 13.8. The Hall–Kier alpha value is -1.41. The van der Waals surface area contributed by atoms with Crippen molar-refractivity contribution in [2.45, 2.75) is 31.1 Å². The average molecular weight is 359 g/mol. The van der Waals surface area contributed by atoms with Crippen molar-refractivity contribution in [1.82, 2.24) is 10.2 Å². The molecule has 2 rings (SSSR count). The van der Waals surface area contributed by atoms with Crippen LogP contribution in [0.2, 0.25) is 0 Å². The summed E-state index contributed by atoms with van der Waals surface area (Å²) in [5.74, 6) is -3.19. The molecule has 3 nitrogen and oxygen atoms in total. The van der Waals surface area contributed by atoms with Gasteiger partial charge in [0.1, 0.15) is 11.6 Å². The summed E-state index contributed by atoms with van der Waals surface area (Å²) in [6.45, 7) is 0.306. The van der Waals surface area contributed by atoms with Crippen LogP contribution in [-0.4, -0.2) is 36.6 Å². The van der Waals surface area contributed by atoms with Crippen LogP contribution < -0.4 is 5.32 Å². The zero-order valence-electron chi connectivity index (χ0n) is 12.2. The summed E-state index contributed by atoms with van der Waals surface area (Å²) in [7, 11) is 1.07. The molecule has 0 bridgehead atoms. The van der Waals surface area contributed by atoms with Crippen LogP contribution in [0.25, 0.3) is 0 Å². The fourth-order valence-electron chi connectivity index (χ4n) is 2.63. The first kappa shape index (κ1) is 19.6. The molecular weight excluding hydrogens is 343 g/mol. The highest BCUT2D eigenvalue weighted by atomic mass is 35.5. The summed E-state index contributed by atoms with van der Waals surface area (Å²) in [5.41, 5.74) is 0.0533. The molecule has 1 N–H and O–H groups in total. The first-order chi connectivity index (χ1) is 10.2. The van der Waals surface area contributed by atoms with Gasteiger partial charge in [-0.2, -0.15) is 13.2 Å². The fourth-order valence-corrected chi connectivity index (χ4v) is 2.63. The van der Waals surface area contributed by atoms with Crippen molar-refractivity contribution in [2.75, 3.05) is 13.6 Å². The quantitative estimate of drug-likeness (QED) is 0.823. The Balaban J connectivity index is 0.00000264. The monoisotopic (exact) mass is 358 g/mol. The lowest BCUT2D eigenvalue weighted by atomic mass is 9.92. The Bertz CT molecular complexity index is 567. The van der Waals surface area contributed by atoms with Gasteiger partial charge in [-0.3, -0.25) is 4.79 Å². The Morgan fingerprint density at radius 2 is 1.96 bits per heavy atom. The average Bonchev–Trinajstić information content (AvgIpc) is 2.47. The number of hydrogen-bond donors (Lipinski definition) is 1. The fraction of sp³-hybridized carbons (Fsp3) is 0.500. The third-order valence-corrected chi connectivity index (χ3v) is 3.82. The largest absolute Gasteiger partial charge is 0.471 e. The van der Waals surface area contributed by atoms with E-state index in [-0.39, 0.29) is 24.4 Å². The number of rotatable bonds is 2. The third kappa shape index (κ3) is 4.54. The molecule has 2 atom stereocenters. The molecule has 0 saturated carbocycles. The molecule has 0 aromatic heterocycles. The van der Waals surface area contributed by atoms with Gasteiger partial charge in [0, 0.05) is 24.7 Å². The molecule has 1 aromatic carbocycles. The zero-order chi connectivity index (χ0) is 16.5. The summed E-state index contributed by atoms with van der Waals surface area (Å²) in [5, 5.41) is 2.94. The van der Waals surface area contributed by atoms with E-state index in [9.17, 15) is 26.7 Å². The van der Waals surface area contributed by atoms with Crippen molar-refractivity contribution in [3.05, 3.63) is 35.4 Å². The predicted molar refractivity (Wildman–Crippen MR) is 76.2 cm³/mol. The lowest BCUT2D eigenvalue weighted by molar-refractivity contribution is -0.186. The van der Waals surface area contributed by atoms with Gasteiger partial charge in [0.2, 0.25) is 0 Å². The Kier molecular flexibility index (Phi) is 6.35. The van der Waals surface area contributed by atoms with Crippen molar-refractivity contribution in [3.8, 4) is 0 Å². The maximum absolute atomic E-state index is 13.8. The molecule has 0 unspecified atom stereocenters. The summed E-state index contributed by atoms with van der Waals surface area (Å²) in [4.78, 5) is 11.9. The van der Waals surface area contributed by atoms with Crippen LogP contribution >= 0.6 is 12.4 Å². The van der Waals surface area contributed by atoms with E-state index in [4.69, 9.17) is 0 Å². The molecular formula is C14H16ClF5N2O. The molecule has 1 amide bonds. The van der Waals surface area contributed by atoms with E-state index in [0.717, 1.165) is 25.2 Å². The van der Waals surface area contributed by atoms with Crippen LogP contribution in [0, 0.1) is 11.6 Å². The van der Waals surface area contributed by atoms with Crippen LogP contribution in [0.5, 0.6) is 0 Å². The van der Waals surface area contributed by atoms with E-state index in [1.165, 1.54) is 0 Å². The smallest absolute Gasteiger partial charge is 0.335 e. The number of carbonyl (C=O) groups excluding carboxylic acids is 1. The van der Waals surface area contributed by atoms with Gasteiger partial charge in [-0.15, -0.1) is 12.4 Å². The third-order valence-electron chi connectivity index (χ3n) is 3.82. The van der Waals surface area contributed by atoms with Crippen LogP contribution in [0.15, 0.2) is 18.2 Å². The van der Waals surface area contributed by atoms with Crippen LogP contribution in [0.3, 0.4) is 0 Å². The van der Waals surface area contributed by atoms with E-state index >= 15 is 0 Å². The van der Waals surface area contributed by atoms with Gasteiger partial charge >= 0.3 is 12.1 Å². The lowest BCUT2D eigenvalue weighted by Crippen LogP contribution is -2.49. The number of amides is 1. The summed E-state index contributed by atoms with van der Waals surface area (Å²) >= 11 is 0. The van der Waals surface area contributed by atoms with E-state index in [2.05, 4.69) is 5.32 Å². The number of nitrogens with zero attached hydrogens (tertiary/aromatic N) is 1. The minimum absolute atomic E-state index is 0. The van der Waals surface area contributed by atoms with Gasteiger partial charge in [-0.05, 0) is 37.6 Å². The second-order valence-electron chi connectivity index (χ2n) is 5.26. The molecule has 9 heteroatoms. The van der Waals surface area contributed by atoms with Gasteiger partial charge in [0.05, 0.1) is 0 Å². The molecule has 0 aliphatic carbocycles. The second kappa shape index (κ2) is 7.44. The van der Waals surface area contributed by atoms with Crippen LogP contribution in [-0.2, 0) is 4.79 Å². The SMILES string of the molecule is CN(C(=O)C(F)(F)F)[C@@H]1CCN[C@H](c2cc(F)ccc2F)C1.Cl. The number of piperidine rings is 1. The van der Waals surface area contributed by atoms with Crippen LogP contribution in [0.1, 0.15) is 24.4 Å². The highest BCUT2D eigenvalue weighted by Crippen LogP contribution is 2.30. The number of alkyl halides is 3. The Morgan fingerprint density at radius 3 is 2.57 bits per heavy atom. The summed E-state index contributed by atoms with van der Waals surface area (Å²) in [6.07, 6.45) is -4.55. The predicted octanol–water partition coefficient (Wildman–Crippen LogP) is 3.20. The molecule has 0 radical (unpaired) electrons. The van der Waals surface area contributed by atoms with Gasteiger partial charge in [-0.1, -0.05) is 0 Å². The number of nitrogens with one attached hydrogen (secondary N) is 1. The topological polar surface area (TPSA) is 32.3 Å². The van der Waals surface area contributed by atoms with Gasteiger partial charge < -0.3 is 10.2 Å². The minimum atomic E-state index is -4.95. The number of carbonyl (C=O) groups is 1. The highest BCUT2D eigenvalue weighted by molar-refractivity contribution is 5.85. The van der Waals surface area contributed by atoms with Crippen molar-refractivity contribution in [1.29, 1.82) is 0 Å². The van der Waals surface area contributed by atoms with E-state index in [1.807, 2.05) is 0 Å². The second-order valence-corrected chi connectivity index (χ2v) is 5.26. The van der Waals surface area contributed by atoms with Crippen molar-refractivity contribution >= 4 is 18.3 Å². The lowest BCUT2D eigenvalue weighted by Gasteiger charge is -2.36. The van der Waals surface area contributed by atoms with Gasteiger partial charge in [-0.25, -0.2) is 8.78 Å². The normalized spacial score (nSPS) is 21.5. The van der Waals surface area contributed by atoms with Crippen molar-refractivity contribution in [3.63, 3.8) is 0 Å². The summed E-state index contributed by atoms with van der Waals surface area (Å²) < 4.78 is 64.4. The minimum Gasteiger partial charge on any atom is -0.335 e. The van der Waals surface area contributed by atoms with Gasteiger partial charge in [0.25, 0.3) is 0 Å². The Morgan fingerprint density at radius 1 is 1.30 bits per heavy atom. The molecule has 1 aliphatic rings. The van der Waals surface area contributed by atoms with Crippen LogP contribution in [0.4, 0.5) is 22.0 Å². The molecule has 1 aliphatic heterocycles. The van der Waals surface area contributed by atoms with Gasteiger partial charge in [0.15, 0.2) is 0 Å². The first-order valence-corrected chi connectivity index (χ1v) is 6.72. The molecule has 1 heterocycles. The number of hydrogen-bond acceptors (Lipinski definition) is 2. The molecule has 1 fully saturated rings. The highest BCUT2D eigenvalue weighted by Gasteiger charge is 2.44. The van der Waals surface area contributed by atoms with Crippen molar-refractivity contribution < 1.29 is 26.7 Å². The molecule has 23 heavy (non-hydrogen) atoms. The molecule has 1 aromatic rings. The Labute approximate surface area is 136 Å². The zero-order valence-corrected chi connectivity index (χ0v) is 13.0. The summed E-state index contributed by atoms with van der Waals surface area (Å²) in [6, 6.07) is 1.63. The molecule has 1 saturated heterocycles.